The van der Waals surface area contributed by atoms with Gasteiger partial charge in [0.25, 0.3) is 0 Å². The first kappa shape index (κ1) is 27.5. The van der Waals surface area contributed by atoms with Crippen LogP contribution in [0.15, 0.2) is 13.2 Å². The summed E-state index contributed by atoms with van der Waals surface area (Å²) in [6, 6.07) is 0. The molecule has 3 heteroatoms. The zero-order chi connectivity index (χ0) is 18.0. The highest BCUT2D eigenvalue weighted by Gasteiger charge is 1.92. The molecule has 142 valence electrons. The molecule has 0 amide bonds. The molecule has 23 heavy (non-hydrogen) atoms. The molecule has 0 fully saturated rings. The van der Waals surface area contributed by atoms with Gasteiger partial charge in [0.05, 0.1) is 13.2 Å². The SMILES string of the molecule is C=C.CCCCCCCCOCCCCCCCC.OCCO. The molecule has 0 atom stereocenters. The van der Waals surface area contributed by atoms with E-state index in [1.807, 2.05) is 0 Å². The first-order valence-corrected chi connectivity index (χ1v) is 9.62. The van der Waals surface area contributed by atoms with Crippen LogP contribution in [0.4, 0.5) is 0 Å². The summed E-state index contributed by atoms with van der Waals surface area (Å²) in [6.45, 7) is 12.3. The van der Waals surface area contributed by atoms with Gasteiger partial charge in [-0.15, -0.1) is 13.2 Å². The average molecular weight is 333 g/mol. The van der Waals surface area contributed by atoms with Crippen LogP contribution >= 0.6 is 0 Å². The van der Waals surface area contributed by atoms with Crippen molar-refractivity contribution in [1.82, 2.24) is 0 Å². The largest absolute Gasteiger partial charge is 0.394 e. The topological polar surface area (TPSA) is 49.7 Å². The van der Waals surface area contributed by atoms with Crippen molar-refractivity contribution in [2.24, 2.45) is 0 Å². The summed E-state index contributed by atoms with van der Waals surface area (Å²) < 4.78 is 5.65. The van der Waals surface area contributed by atoms with Gasteiger partial charge in [-0.2, -0.15) is 0 Å². The molecule has 0 aliphatic rings. The lowest BCUT2D eigenvalue weighted by atomic mass is 10.1. The van der Waals surface area contributed by atoms with Crippen molar-refractivity contribution >= 4 is 0 Å². The van der Waals surface area contributed by atoms with Gasteiger partial charge < -0.3 is 14.9 Å². The van der Waals surface area contributed by atoms with E-state index in [-0.39, 0.29) is 13.2 Å². The van der Waals surface area contributed by atoms with E-state index < -0.39 is 0 Å². The summed E-state index contributed by atoms with van der Waals surface area (Å²) in [6.07, 6.45) is 16.3. The summed E-state index contributed by atoms with van der Waals surface area (Å²) in [5.41, 5.74) is 0. The Kier molecular flexibility index (Phi) is 39.7. The van der Waals surface area contributed by atoms with Gasteiger partial charge in [-0.25, -0.2) is 0 Å². The number of aliphatic hydroxyl groups excluding tert-OH is 2. The maximum absolute atomic E-state index is 7.62. The Morgan fingerprint density at radius 3 is 1.17 bits per heavy atom. The zero-order valence-corrected chi connectivity index (χ0v) is 16.0. The smallest absolute Gasteiger partial charge is 0.0662 e. The van der Waals surface area contributed by atoms with Crippen LogP contribution < -0.4 is 0 Å². The molecule has 0 unspecified atom stereocenters. The highest BCUT2D eigenvalue weighted by molar-refractivity contribution is 4.45. The third-order valence-electron chi connectivity index (χ3n) is 3.38. The minimum absolute atomic E-state index is 0.125. The Balaban J connectivity index is -0.000000574. The highest BCUT2D eigenvalue weighted by atomic mass is 16.5. The van der Waals surface area contributed by atoms with E-state index in [4.69, 9.17) is 14.9 Å². The molecule has 0 aromatic carbocycles. The molecule has 0 aromatic heterocycles. The fraction of sp³-hybridized carbons (Fsp3) is 0.900. The van der Waals surface area contributed by atoms with Gasteiger partial charge in [-0.1, -0.05) is 78.1 Å². The Hall–Kier alpha value is -0.380. The second-order valence-electron chi connectivity index (χ2n) is 5.60. The van der Waals surface area contributed by atoms with Crippen LogP contribution in [0, 0.1) is 0 Å². The van der Waals surface area contributed by atoms with Gasteiger partial charge in [0.15, 0.2) is 0 Å². The molecule has 0 heterocycles. The van der Waals surface area contributed by atoms with Gasteiger partial charge in [-0.05, 0) is 12.8 Å². The quantitative estimate of drug-likeness (QED) is 0.307. The first-order valence-electron chi connectivity index (χ1n) is 9.62. The zero-order valence-electron chi connectivity index (χ0n) is 16.0. The van der Waals surface area contributed by atoms with Gasteiger partial charge in [0.2, 0.25) is 0 Å². The van der Waals surface area contributed by atoms with Crippen LogP contribution in [-0.4, -0.2) is 36.6 Å². The van der Waals surface area contributed by atoms with Crippen LogP contribution in [0.1, 0.15) is 90.9 Å². The van der Waals surface area contributed by atoms with Crippen molar-refractivity contribution in [3.05, 3.63) is 13.2 Å². The maximum Gasteiger partial charge on any atom is 0.0662 e. The summed E-state index contributed by atoms with van der Waals surface area (Å²) in [5, 5.41) is 15.2. The number of hydrogen-bond acceptors (Lipinski definition) is 3. The Morgan fingerprint density at radius 2 is 0.870 bits per heavy atom. The van der Waals surface area contributed by atoms with E-state index >= 15 is 0 Å². The van der Waals surface area contributed by atoms with Crippen LogP contribution in [0.2, 0.25) is 0 Å². The third kappa shape index (κ3) is 38.9. The normalized spacial score (nSPS) is 9.57. The third-order valence-corrected chi connectivity index (χ3v) is 3.38. The van der Waals surface area contributed by atoms with Gasteiger partial charge in [0.1, 0.15) is 0 Å². The molecule has 0 aliphatic carbocycles. The van der Waals surface area contributed by atoms with Gasteiger partial charge >= 0.3 is 0 Å². The fourth-order valence-corrected chi connectivity index (χ4v) is 2.07. The molecular formula is C20H44O3. The predicted octanol–water partition coefficient (Wildman–Crippen LogP) is 5.50. The summed E-state index contributed by atoms with van der Waals surface area (Å²) in [7, 11) is 0. The van der Waals surface area contributed by atoms with E-state index in [9.17, 15) is 0 Å². The molecule has 0 saturated heterocycles. The lowest BCUT2D eigenvalue weighted by Crippen LogP contribution is -1.97. The van der Waals surface area contributed by atoms with E-state index in [1.165, 1.54) is 77.0 Å². The number of rotatable bonds is 15. The first-order chi connectivity index (χ1) is 11.3. The van der Waals surface area contributed by atoms with Crippen molar-refractivity contribution in [3.8, 4) is 0 Å². The molecule has 0 aliphatic heterocycles. The standard InChI is InChI=1S/C16H34O.C2H6O2.C2H4/c1-3-5-7-9-11-13-15-17-16-14-12-10-8-6-4-2;3-1-2-4;1-2/h3-16H2,1-2H3;3-4H,1-2H2;1-2H2. The lowest BCUT2D eigenvalue weighted by molar-refractivity contribution is 0.125. The average Bonchev–Trinajstić information content (AvgIpc) is 2.61. The molecule has 0 aromatic rings. The molecule has 2 N–H and O–H groups in total. The van der Waals surface area contributed by atoms with Crippen molar-refractivity contribution in [3.63, 3.8) is 0 Å². The molecule has 0 bridgehead atoms. The van der Waals surface area contributed by atoms with E-state index in [1.54, 1.807) is 0 Å². The second-order valence-corrected chi connectivity index (χ2v) is 5.60. The van der Waals surface area contributed by atoms with Crippen molar-refractivity contribution in [2.75, 3.05) is 26.4 Å². The van der Waals surface area contributed by atoms with E-state index in [2.05, 4.69) is 27.0 Å². The Bertz CT molecular complexity index is 147. The number of ether oxygens (including phenoxy) is 1. The van der Waals surface area contributed by atoms with Crippen molar-refractivity contribution < 1.29 is 14.9 Å². The highest BCUT2D eigenvalue weighted by Crippen LogP contribution is 2.06. The van der Waals surface area contributed by atoms with Crippen molar-refractivity contribution in [2.45, 2.75) is 90.9 Å². The second kappa shape index (κ2) is 33.3. The molecular weight excluding hydrogens is 288 g/mol. The monoisotopic (exact) mass is 332 g/mol. The lowest BCUT2D eigenvalue weighted by Gasteiger charge is -2.04. The summed E-state index contributed by atoms with van der Waals surface area (Å²) in [5.74, 6) is 0. The number of hydrogen-bond donors (Lipinski definition) is 2. The minimum Gasteiger partial charge on any atom is -0.394 e. The molecule has 0 rings (SSSR count). The molecule has 0 radical (unpaired) electrons. The van der Waals surface area contributed by atoms with E-state index in [0.29, 0.717) is 0 Å². The van der Waals surface area contributed by atoms with Crippen LogP contribution in [0.25, 0.3) is 0 Å². The maximum atomic E-state index is 7.62. The minimum atomic E-state index is -0.125. The van der Waals surface area contributed by atoms with Gasteiger partial charge in [-0.3, -0.25) is 0 Å². The van der Waals surface area contributed by atoms with Crippen molar-refractivity contribution in [1.29, 1.82) is 0 Å². The molecule has 3 nitrogen and oxygen atoms in total. The summed E-state index contributed by atoms with van der Waals surface area (Å²) in [4.78, 5) is 0. The predicted molar refractivity (Wildman–Crippen MR) is 103 cm³/mol. The van der Waals surface area contributed by atoms with Gasteiger partial charge in [0, 0.05) is 13.2 Å². The molecule has 0 spiro atoms. The summed E-state index contributed by atoms with van der Waals surface area (Å²) >= 11 is 0. The van der Waals surface area contributed by atoms with Crippen LogP contribution in [0.3, 0.4) is 0 Å². The van der Waals surface area contributed by atoms with E-state index in [0.717, 1.165) is 13.2 Å². The molecule has 0 saturated carbocycles. The van der Waals surface area contributed by atoms with Crippen LogP contribution in [-0.2, 0) is 4.74 Å². The number of unbranched alkanes of at least 4 members (excludes halogenated alkanes) is 10. The fourth-order valence-electron chi connectivity index (χ4n) is 2.07. The Morgan fingerprint density at radius 1 is 0.565 bits per heavy atom. The number of aliphatic hydroxyl groups is 2. The Labute approximate surface area is 146 Å². The van der Waals surface area contributed by atoms with Crippen LogP contribution in [0.5, 0.6) is 0 Å².